The molecule has 2 heterocycles. The van der Waals surface area contributed by atoms with Crippen molar-refractivity contribution in [2.24, 2.45) is 5.73 Å². The number of hydrogen-bond donors (Lipinski definition) is 2. The van der Waals surface area contributed by atoms with Gasteiger partial charge in [-0.1, -0.05) is 0 Å². The Morgan fingerprint density at radius 2 is 2.11 bits per heavy atom. The summed E-state index contributed by atoms with van der Waals surface area (Å²) in [5, 5.41) is 3.69. The predicted molar refractivity (Wildman–Crippen MR) is 76.0 cm³/mol. The summed E-state index contributed by atoms with van der Waals surface area (Å²) in [5.74, 6) is -0.0742. The molecule has 0 aliphatic carbocycles. The van der Waals surface area contributed by atoms with Crippen molar-refractivity contribution in [3.8, 4) is 10.6 Å². The number of amides is 1. The highest BCUT2D eigenvalue weighted by Gasteiger charge is 2.10. The Morgan fingerprint density at radius 1 is 1.32 bits per heavy atom. The minimum atomic E-state index is -0.0742. The average Bonchev–Trinajstić information content (AvgIpc) is 2.94. The minimum absolute atomic E-state index is 0.0742. The first-order chi connectivity index (χ1) is 9.31. The number of carbonyl (C=O) groups excluding carboxylic acids is 1. The SMILES string of the molecule is NCCCCNC(=O)c1cnc(-c2ccncc2)s1. The van der Waals surface area contributed by atoms with Gasteiger partial charge in [-0.25, -0.2) is 4.98 Å². The highest BCUT2D eigenvalue weighted by Crippen LogP contribution is 2.24. The van der Waals surface area contributed by atoms with E-state index >= 15 is 0 Å². The molecule has 0 saturated carbocycles. The second-order valence-electron chi connectivity index (χ2n) is 4.02. The van der Waals surface area contributed by atoms with Crippen molar-refractivity contribution in [2.45, 2.75) is 12.8 Å². The molecule has 19 heavy (non-hydrogen) atoms. The molecular weight excluding hydrogens is 260 g/mol. The summed E-state index contributed by atoms with van der Waals surface area (Å²) < 4.78 is 0. The highest BCUT2D eigenvalue weighted by molar-refractivity contribution is 7.16. The Morgan fingerprint density at radius 3 is 2.84 bits per heavy atom. The molecule has 0 spiro atoms. The highest BCUT2D eigenvalue weighted by atomic mass is 32.1. The lowest BCUT2D eigenvalue weighted by Crippen LogP contribution is -2.23. The normalized spacial score (nSPS) is 10.4. The minimum Gasteiger partial charge on any atom is -0.351 e. The molecule has 0 aliphatic rings. The Balaban J connectivity index is 1.95. The molecule has 2 aromatic rings. The molecule has 2 rings (SSSR count). The van der Waals surface area contributed by atoms with E-state index in [2.05, 4.69) is 15.3 Å². The summed E-state index contributed by atoms with van der Waals surface area (Å²) in [6.07, 6.45) is 6.86. The van der Waals surface area contributed by atoms with Gasteiger partial charge in [0.15, 0.2) is 0 Å². The van der Waals surface area contributed by atoms with Crippen molar-refractivity contribution in [1.29, 1.82) is 0 Å². The van der Waals surface area contributed by atoms with Gasteiger partial charge in [-0.3, -0.25) is 9.78 Å². The van der Waals surface area contributed by atoms with Crippen LogP contribution in [0.15, 0.2) is 30.7 Å². The van der Waals surface area contributed by atoms with Gasteiger partial charge in [0, 0.05) is 24.5 Å². The van der Waals surface area contributed by atoms with Gasteiger partial charge in [-0.05, 0) is 31.5 Å². The van der Waals surface area contributed by atoms with E-state index in [0.717, 1.165) is 23.4 Å². The van der Waals surface area contributed by atoms with E-state index in [1.807, 2.05) is 12.1 Å². The Hall–Kier alpha value is -1.79. The van der Waals surface area contributed by atoms with Crippen molar-refractivity contribution in [3.05, 3.63) is 35.6 Å². The van der Waals surface area contributed by atoms with Crippen LogP contribution in [-0.4, -0.2) is 29.0 Å². The lowest BCUT2D eigenvalue weighted by Gasteiger charge is -2.01. The summed E-state index contributed by atoms with van der Waals surface area (Å²) in [6.45, 7) is 1.31. The fourth-order valence-electron chi connectivity index (χ4n) is 1.57. The van der Waals surface area contributed by atoms with E-state index in [9.17, 15) is 4.79 Å². The van der Waals surface area contributed by atoms with Gasteiger partial charge in [-0.2, -0.15) is 0 Å². The number of nitrogens with zero attached hydrogens (tertiary/aromatic N) is 2. The number of unbranched alkanes of at least 4 members (excludes halogenated alkanes) is 1. The van der Waals surface area contributed by atoms with E-state index < -0.39 is 0 Å². The fourth-order valence-corrected chi connectivity index (χ4v) is 2.40. The lowest BCUT2D eigenvalue weighted by molar-refractivity contribution is 0.0957. The number of nitrogens with two attached hydrogens (primary N) is 1. The number of carbonyl (C=O) groups is 1. The topological polar surface area (TPSA) is 80.9 Å². The van der Waals surface area contributed by atoms with Crippen LogP contribution >= 0.6 is 11.3 Å². The van der Waals surface area contributed by atoms with Crippen LogP contribution in [0.1, 0.15) is 22.5 Å². The van der Waals surface area contributed by atoms with E-state index in [-0.39, 0.29) is 5.91 Å². The van der Waals surface area contributed by atoms with E-state index in [1.54, 1.807) is 18.6 Å². The molecule has 0 bridgehead atoms. The molecule has 0 saturated heterocycles. The van der Waals surface area contributed by atoms with Gasteiger partial charge in [0.2, 0.25) is 0 Å². The molecule has 0 unspecified atom stereocenters. The molecule has 0 fully saturated rings. The molecule has 2 aromatic heterocycles. The average molecular weight is 276 g/mol. The summed E-state index contributed by atoms with van der Waals surface area (Å²) >= 11 is 1.38. The van der Waals surface area contributed by atoms with E-state index in [1.165, 1.54) is 11.3 Å². The van der Waals surface area contributed by atoms with Gasteiger partial charge in [0.05, 0.1) is 6.20 Å². The van der Waals surface area contributed by atoms with Gasteiger partial charge < -0.3 is 11.1 Å². The van der Waals surface area contributed by atoms with E-state index in [4.69, 9.17) is 5.73 Å². The summed E-state index contributed by atoms with van der Waals surface area (Å²) in [6, 6.07) is 3.75. The standard InChI is InChI=1S/C13H16N4OS/c14-5-1-2-6-16-12(18)11-9-17-13(19-11)10-3-7-15-8-4-10/h3-4,7-9H,1-2,5-6,14H2,(H,16,18). The van der Waals surface area contributed by atoms with Crippen molar-refractivity contribution in [2.75, 3.05) is 13.1 Å². The van der Waals surface area contributed by atoms with E-state index in [0.29, 0.717) is 18.0 Å². The van der Waals surface area contributed by atoms with Crippen LogP contribution in [0.2, 0.25) is 0 Å². The number of pyridine rings is 1. The Kier molecular flexibility index (Phi) is 5.00. The first kappa shape index (κ1) is 13.6. The predicted octanol–water partition coefficient (Wildman–Crippen LogP) is 1.67. The van der Waals surface area contributed by atoms with Crippen LogP contribution in [-0.2, 0) is 0 Å². The third-order valence-electron chi connectivity index (χ3n) is 2.57. The number of hydrogen-bond acceptors (Lipinski definition) is 5. The van der Waals surface area contributed by atoms with Crippen LogP contribution in [0.4, 0.5) is 0 Å². The second kappa shape index (κ2) is 6.96. The monoisotopic (exact) mass is 276 g/mol. The van der Waals surface area contributed by atoms with Crippen LogP contribution in [0.3, 0.4) is 0 Å². The van der Waals surface area contributed by atoms with Crippen molar-refractivity contribution in [3.63, 3.8) is 0 Å². The van der Waals surface area contributed by atoms with Gasteiger partial charge in [0.1, 0.15) is 9.88 Å². The molecule has 5 nitrogen and oxygen atoms in total. The number of aromatic nitrogens is 2. The first-order valence-corrected chi connectivity index (χ1v) is 6.97. The Labute approximate surface area is 115 Å². The van der Waals surface area contributed by atoms with Gasteiger partial charge >= 0.3 is 0 Å². The van der Waals surface area contributed by atoms with Crippen LogP contribution in [0, 0.1) is 0 Å². The quantitative estimate of drug-likeness (QED) is 0.786. The zero-order valence-corrected chi connectivity index (χ0v) is 11.3. The summed E-state index contributed by atoms with van der Waals surface area (Å²) in [4.78, 5) is 20.7. The largest absolute Gasteiger partial charge is 0.351 e. The van der Waals surface area contributed by atoms with Crippen LogP contribution < -0.4 is 11.1 Å². The lowest BCUT2D eigenvalue weighted by atomic mass is 10.3. The first-order valence-electron chi connectivity index (χ1n) is 6.16. The third kappa shape index (κ3) is 3.84. The Bertz CT molecular complexity index is 526. The molecule has 0 aromatic carbocycles. The molecule has 0 atom stereocenters. The van der Waals surface area contributed by atoms with Gasteiger partial charge in [0.25, 0.3) is 5.91 Å². The molecule has 1 amide bonds. The zero-order valence-electron chi connectivity index (χ0n) is 10.5. The second-order valence-corrected chi connectivity index (χ2v) is 5.05. The number of rotatable bonds is 6. The summed E-state index contributed by atoms with van der Waals surface area (Å²) in [5.41, 5.74) is 6.37. The smallest absolute Gasteiger partial charge is 0.263 e. The molecule has 0 aliphatic heterocycles. The maximum absolute atomic E-state index is 11.9. The number of nitrogens with one attached hydrogen (secondary N) is 1. The van der Waals surface area contributed by atoms with Crippen molar-refractivity contribution >= 4 is 17.2 Å². The maximum Gasteiger partial charge on any atom is 0.263 e. The van der Waals surface area contributed by atoms with Crippen molar-refractivity contribution < 1.29 is 4.79 Å². The van der Waals surface area contributed by atoms with Crippen LogP contribution in [0.5, 0.6) is 0 Å². The van der Waals surface area contributed by atoms with Crippen LogP contribution in [0.25, 0.3) is 10.6 Å². The molecule has 6 heteroatoms. The molecule has 3 N–H and O–H groups in total. The molecule has 100 valence electrons. The summed E-state index contributed by atoms with van der Waals surface area (Å²) in [7, 11) is 0. The number of thiazole rings is 1. The molecular formula is C13H16N4OS. The zero-order chi connectivity index (χ0) is 13.5. The fraction of sp³-hybridized carbons (Fsp3) is 0.308. The van der Waals surface area contributed by atoms with Crippen molar-refractivity contribution in [1.82, 2.24) is 15.3 Å². The third-order valence-corrected chi connectivity index (χ3v) is 3.62. The maximum atomic E-state index is 11.9. The molecule has 0 radical (unpaired) electrons. The van der Waals surface area contributed by atoms with Gasteiger partial charge in [-0.15, -0.1) is 11.3 Å².